The minimum absolute atomic E-state index is 0.0451. The van der Waals surface area contributed by atoms with Crippen molar-refractivity contribution in [2.24, 2.45) is 16.3 Å². The van der Waals surface area contributed by atoms with Gasteiger partial charge in [-0.05, 0) is 70.8 Å². The number of aliphatic imine (C=N–C) groups is 1. The summed E-state index contributed by atoms with van der Waals surface area (Å²) in [6, 6.07) is 7.41. The van der Waals surface area contributed by atoms with Crippen LogP contribution in [0.4, 0.5) is 0 Å². The predicted octanol–water partition coefficient (Wildman–Crippen LogP) is 4.66. The van der Waals surface area contributed by atoms with Crippen molar-refractivity contribution in [2.75, 3.05) is 20.8 Å². The first kappa shape index (κ1) is 26.1. The molecule has 1 aromatic rings. The van der Waals surface area contributed by atoms with Crippen LogP contribution < -0.4 is 0 Å². The van der Waals surface area contributed by atoms with Crippen molar-refractivity contribution in [3.63, 3.8) is 0 Å². The predicted molar refractivity (Wildman–Crippen MR) is 129 cm³/mol. The average Bonchev–Trinajstić information content (AvgIpc) is 2.82. The van der Waals surface area contributed by atoms with E-state index in [9.17, 15) is 14.4 Å². The van der Waals surface area contributed by atoms with E-state index in [0.717, 1.165) is 37.7 Å². The van der Waals surface area contributed by atoms with Crippen LogP contribution in [0.25, 0.3) is 0 Å². The minimum atomic E-state index is -1.07. The largest absolute Gasteiger partial charge is 0.469 e. The van der Waals surface area contributed by atoms with E-state index in [1.54, 1.807) is 46.9 Å². The molecule has 2 bridgehead atoms. The molecule has 2 saturated heterocycles. The second-order valence-electron chi connectivity index (χ2n) is 10.6. The molecule has 3 fully saturated rings. The maximum Gasteiger partial charge on any atom is 0.323 e. The number of methoxy groups -OCH3 is 1. The molecule has 4 rings (SSSR count). The van der Waals surface area contributed by atoms with Crippen molar-refractivity contribution in [1.29, 1.82) is 0 Å². The van der Waals surface area contributed by atoms with Crippen molar-refractivity contribution in [2.45, 2.75) is 77.4 Å². The van der Waals surface area contributed by atoms with E-state index in [0.29, 0.717) is 24.3 Å². The summed E-state index contributed by atoms with van der Waals surface area (Å²) in [4.78, 5) is 41.7. The molecular weight excluding hydrogens is 434 g/mol. The summed E-state index contributed by atoms with van der Waals surface area (Å²) in [5.74, 6) is -2.15. The first-order valence-electron chi connectivity index (χ1n) is 12.0. The number of carbonyl (C=O) groups is 3. The quantitative estimate of drug-likeness (QED) is 0.237. The van der Waals surface area contributed by atoms with E-state index in [1.165, 1.54) is 7.11 Å². The van der Waals surface area contributed by atoms with Gasteiger partial charge in [0.15, 0.2) is 11.7 Å². The number of nitrogens with zero attached hydrogens (tertiary/aromatic N) is 1. The van der Waals surface area contributed by atoms with Crippen LogP contribution in [0, 0.1) is 11.3 Å². The maximum absolute atomic E-state index is 13.3. The van der Waals surface area contributed by atoms with Gasteiger partial charge in [-0.1, -0.05) is 24.3 Å². The number of carbonyl (C=O) groups excluding carboxylic acids is 3. The highest BCUT2D eigenvalue weighted by Gasteiger charge is 2.50. The lowest BCUT2D eigenvalue weighted by molar-refractivity contribution is -0.192. The van der Waals surface area contributed by atoms with Gasteiger partial charge in [0.1, 0.15) is 5.60 Å². The molecular formula is C27H37NO6. The molecule has 34 heavy (non-hydrogen) atoms. The van der Waals surface area contributed by atoms with Crippen LogP contribution in [0.15, 0.2) is 29.3 Å². The Hall–Kier alpha value is -2.54. The molecule has 2 aliphatic heterocycles. The number of hydrogen-bond donors (Lipinski definition) is 0. The molecule has 1 aliphatic carbocycles. The highest BCUT2D eigenvalue weighted by Crippen LogP contribution is 2.55. The number of benzene rings is 1. The third-order valence-electron chi connectivity index (χ3n) is 7.23. The molecule has 0 aromatic heterocycles. The average molecular weight is 472 g/mol. The molecule has 0 amide bonds. The second-order valence-corrected chi connectivity index (χ2v) is 10.6. The van der Waals surface area contributed by atoms with E-state index in [4.69, 9.17) is 14.2 Å². The fourth-order valence-corrected chi connectivity index (χ4v) is 4.99. The Balaban J connectivity index is 1.73. The van der Waals surface area contributed by atoms with Crippen LogP contribution in [-0.4, -0.2) is 49.8 Å². The Morgan fingerprint density at radius 2 is 1.71 bits per heavy atom. The van der Waals surface area contributed by atoms with Crippen molar-refractivity contribution >= 4 is 23.4 Å². The Morgan fingerprint density at radius 3 is 2.18 bits per heavy atom. The third kappa shape index (κ3) is 5.57. The van der Waals surface area contributed by atoms with E-state index >= 15 is 0 Å². The van der Waals surface area contributed by atoms with Crippen molar-refractivity contribution in [1.82, 2.24) is 0 Å². The lowest BCUT2D eigenvalue weighted by Crippen LogP contribution is -2.49. The summed E-state index contributed by atoms with van der Waals surface area (Å²) in [5.41, 5.74) is 0.896. The Kier molecular flexibility index (Phi) is 7.65. The normalized spacial score (nSPS) is 25.5. The zero-order valence-corrected chi connectivity index (χ0v) is 21.2. The van der Waals surface area contributed by atoms with Gasteiger partial charge < -0.3 is 14.2 Å². The van der Waals surface area contributed by atoms with E-state index in [2.05, 4.69) is 4.99 Å². The van der Waals surface area contributed by atoms with Gasteiger partial charge in [0.25, 0.3) is 0 Å². The van der Waals surface area contributed by atoms with Crippen molar-refractivity contribution < 1.29 is 28.6 Å². The minimum Gasteiger partial charge on any atom is -0.469 e. The summed E-state index contributed by atoms with van der Waals surface area (Å²) < 4.78 is 16.7. The number of ketones is 1. The second kappa shape index (κ2) is 9.98. The summed E-state index contributed by atoms with van der Waals surface area (Å²) in [6.07, 6.45) is 4.96. The maximum atomic E-state index is 13.3. The molecule has 1 unspecified atom stereocenters. The molecule has 3 aliphatic rings. The number of rotatable bonds is 8. The van der Waals surface area contributed by atoms with Crippen LogP contribution in [0.5, 0.6) is 0 Å². The Labute approximate surface area is 202 Å². The van der Waals surface area contributed by atoms with Gasteiger partial charge in [-0.2, -0.15) is 0 Å². The Morgan fingerprint density at radius 1 is 1.09 bits per heavy atom. The molecule has 1 saturated carbocycles. The molecule has 1 atom stereocenters. The highest BCUT2D eigenvalue weighted by atomic mass is 16.6. The van der Waals surface area contributed by atoms with Gasteiger partial charge >= 0.3 is 11.9 Å². The van der Waals surface area contributed by atoms with E-state index in [-0.39, 0.29) is 22.8 Å². The summed E-state index contributed by atoms with van der Waals surface area (Å²) in [6.45, 7) is 7.62. The molecule has 0 radical (unpaired) electrons. The van der Waals surface area contributed by atoms with E-state index < -0.39 is 17.5 Å². The lowest BCUT2D eigenvalue weighted by atomic mass is 9.62. The van der Waals surface area contributed by atoms with Gasteiger partial charge in [-0.25, -0.2) is 0 Å². The lowest BCUT2D eigenvalue weighted by Gasteiger charge is -2.53. The monoisotopic (exact) mass is 471 g/mol. The van der Waals surface area contributed by atoms with Gasteiger partial charge in [0.2, 0.25) is 0 Å². The van der Waals surface area contributed by atoms with Crippen LogP contribution >= 0.6 is 0 Å². The zero-order chi connectivity index (χ0) is 25.1. The number of esters is 2. The summed E-state index contributed by atoms with van der Waals surface area (Å²) >= 11 is 0. The molecule has 0 N–H and O–H groups in total. The number of hydrogen-bond acceptors (Lipinski definition) is 7. The molecule has 7 nitrogen and oxygen atoms in total. The topological polar surface area (TPSA) is 91.3 Å². The van der Waals surface area contributed by atoms with Gasteiger partial charge in [0.05, 0.1) is 19.3 Å². The Bertz CT molecular complexity index is 932. The summed E-state index contributed by atoms with van der Waals surface area (Å²) in [7, 11) is 2.99. The molecule has 2 heterocycles. The number of fused-ring (bicyclic) bond motifs is 3. The van der Waals surface area contributed by atoms with Crippen molar-refractivity contribution in [3.05, 3.63) is 35.4 Å². The summed E-state index contributed by atoms with van der Waals surface area (Å²) in [5, 5.41) is 0. The fourth-order valence-electron chi connectivity index (χ4n) is 4.99. The van der Waals surface area contributed by atoms with Crippen LogP contribution in [0.1, 0.15) is 82.1 Å². The number of Topliss-reactive ketones (excluding diaryl/α,β-unsaturated/α-hetero) is 1. The molecule has 1 aromatic carbocycles. The highest BCUT2D eigenvalue weighted by molar-refractivity contribution is 6.23. The standard InChI is InChI=1S/C27H37NO6/c1-18(28-5)22(24(31)34-25(2,3)4)23(30)19-7-9-20(10-8-19)27-15-13-26(14-16-27,17-33-27)12-11-21(29)32-6/h7-10,22H,11-17H2,1-6H3. The zero-order valence-electron chi connectivity index (χ0n) is 21.2. The van der Waals surface area contributed by atoms with Gasteiger partial charge in [-0.3, -0.25) is 19.4 Å². The van der Waals surface area contributed by atoms with Crippen LogP contribution in [0.2, 0.25) is 0 Å². The molecule has 0 spiro atoms. The van der Waals surface area contributed by atoms with Crippen LogP contribution in [-0.2, 0) is 29.4 Å². The van der Waals surface area contributed by atoms with Gasteiger partial charge in [0, 0.05) is 24.7 Å². The van der Waals surface area contributed by atoms with E-state index in [1.807, 2.05) is 12.1 Å². The fraction of sp³-hybridized carbons (Fsp3) is 0.630. The smallest absolute Gasteiger partial charge is 0.323 e. The van der Waals surface area contributed by atoms with Crippen molar-refractivity contribution in [3.8, 4) is 0 Å². The SMILES string of the molecule is CN=C(C)C(C(=O)OC(C)(C)C)C(=O)c1ccc(C23CCC(CCC(=O)OC)(CC2)CO3)cc1. The molecule has 186 valence electrons. The first-order chi connectivity index (χ1) is 15.9. The van der Waals surface area contributed by atoms with Crippen LogP contribution in [0.3, 0.4) is 0 Å². The molecule has 7 heteroatoms. The van der Waals surface area contributed by atoms with Gasteiger partial charge in [-0.15, -0.1) is 0 Å². The first-order valence-corrected chi connectivity index (χ1v) is 12.0. The third-order valence-corrected chi connectivity index (χ3v) is 7.23. The number of ether oxygens (including phenoxy) is 3.